The van der Waals surface area contributed by atoms with Gasteiger partial charge in [0.05, 0.1) is 5.69 Å². The number of carbonyl (C=O) groups excluding carboxylic acids is 1. The number of para-hydroxylation sites is 1. The normalized spacial score (nSPS) is 10.9. The Morgan fingerprint density at radius 2 is 1.88 bits per heavy atom. The van der Waals surface area contributed by atoms with Crippen molar-refractivity contribution in [1.82, 2.24) is 15.3 Å². The zero-order valence-corrected chi connectivity index (χ0v) is 14.8. The van der Waals surface area contributed by atoms with Crippen molar-refractivity contribution in [1.29, 1.82) is 0 Å². The minimum Gasteiger partial charge on any atom is -0.375 e. The Morgan fingerprint density at radius 3 is 2.73 bits per heavy atom. The van der Waals surface area contributed by atoms with Crippen molar-refractivity contribution in [3.05, 3.63) is 71.2 Å². The van der Waals surface area contributed by atoms with Gasteiger partial charge in [0, 0.05) is 29.2 Å². The number of nitrogen functional groups attached to an aromatic ring is 1. The van der Waals surface area contributed by atoms with E-state index >= 15 is 0 Å². The van der Waals surface area contributed by atoms with Gasteiger partial charge in [-0.15, -0.1) is 0 Å². The standard InChI is InChI=1S/C20H18N4OS/c21-20-24-17(13-6-2-1-3-7-13)18(26-20)19(25)22-11-10-14-12-23-16-9-5-4-8-15(14)16/h1-9,12,23H,10-11H2,(H2,21,24)(H,22,25). The molecule has 4 aromatic rings. The third-order valence-electron chi connectivity index (χ3n) is 4.25. The van der Waals surface area contributed by atoms with Gasteiger partial charge in [-0.25, -0.2) is 4.98 Å². The summed E-state index contributed by atoms with van der Waals surface area (Å²) < 4.78 is 0. The summed E-state index contributed by atoms with van der Waals surface area (Å²) in [5, 5.41) is 4.57. The Labute approximate surface area is 154 Å². The Morgan fingerprint density at radius 1 is 1.12 bits per heavy atom. The predicted molar refractivity (Wildman–Crippen MR) is 106 cm³/mol. The number of nitrogens with one attached hydrogen (secondary N) is 2. The zero-order chi connectivity index (χ0) is 17.9. The minimum absolute atomic E-state index is 0.141. The second kappa shape index (κ2) is 7.01. The number of H-pyrrole nitrogens is 1. The first-order valence-corrected chi connectivity index (χ1v) is 9.19. The highest BCUT2D eigenvalue weighted by Gasteiger charge is 2.18. The number of aromatic amines is 1. The average molecular weight is 362 g/mol. The van der Waals surface area contributed by atoms with Crippen LogP contribution in [0.5, 0.6) is 0 Å². The van der Waals surface area contributed by atoms with E-state index in [2.05, 4.69) is 21.4 Å². The van der Waals surface area contributed by atoms with E-state index in [4.69, 9.17) is 5.73 Å². The molecule has 0 radical (unpaired) electrons. The Hall–Kier alpha value is -3.12. The first-order valence-electron chi connectivity index (χ1n) is 8.37. The molecule has 1 amide bonds. The lowest BCUT2D eigenvalue weighted by molar-refractivity contribution is 0.0958. The van der Waals surface area contributed by atoms with Crippen LogP contribution in [0.2, 0.25) is 0 Å². The summed E-state index contributed by atoms with van der Waals surface area (Å²) >= 11 is 1.22. The predicted octanol–water partition coefficient (Wildman–Crippen LogP) is 3.85. The van der Waals surface area contributed by atoms with Crippen LogP contribution < -0.4 is 11.1 Å². The highest BCUT2D eigenvalue weighted by molar-refractivity contribution is 7.17. The number of rotatable bonds is 5. The van der Waals surface area contributed by atoms with Gasteiger partial charge in [-0.1, -0.05) is 59.9 Å². The van der Waals surface area contributed by atoms with Crippen molar-refractivity contribution < 1.29 is 4.79 Å². The monoisotopic (exact) mass is 362 g/mol. The van der Waals surface area contributed by atoms with E-state index in [0.29, 0.717) is 22.2 Å². The molecule has 26 heavy (non-hydrogen) atoms. The topological polar surface area (TPSA) is 83.8 Å². The first kappa shape index (κ1) is 16.4. The van der Waals surface area contributed by atoms with Crippen molar-refractivity contribution in [3.8, 4) is 11.3 Å². The molecule has 130 valence electrons. The third-order valence-corrected chi connectivity index (χ3v) is 5.14. The number of benzene rings is 2. The lowest BCUT2D eigenvalue weighted by Crippen LogP contribution is -2.25. The number of fused-ring (bicyclic) bond motifs is 1. The van der Waals surface area contributed by atoms with Crippen LogP contribution in [-0.4, -0.2) is 22.4 Å². The molecule has 0 aliphatic carbocycles. The maximum Gasteiger partial charge on any atom is 0.263 e. The summed E-state index contributed by atoms with van der Waals surface area (Å²) in [6.07, 6.45) is 2.75. The molecule has 0 bridgehead atoms. The fraction of sp³-hybridized carbons (Fsp3) is 0.100. The number of hydrogen-bond donors (Lipinski definition) is 3. The molecule has 0 aliphatic heterocycles. The second-order valence-electron chi connectivity index (χ2n) is 5.96. The number of nitrogens with zero attached hydrogens (tertiary/aromatic N) is 1. The van der Waals surface area contributed by atoms with E-state index in [9.17, 15) is 4.79 Å². The fourth-order valence-electron chi connectivity index (χ4n) is 3.01. The molecule has 2 aromatic carbocycles. The van der Waals surface area contributed by atoms with E-state index in [0.717, 1.165) is 17.5 Å². The molecule has 2 heterocycles. The molecule has 2 aromatic heterocycles. The first-order chi connectivity index (χ1) is 12.7. The summed E-state index contributed by atoms with van der Waals surface area (Å²) in [6.45, 7) is 0.548. The van der Waals surface area contributed by atoms with Crippen LogP contribution in [0.4, 0.5) is 5.13 Å². The third kappa shape index (κ3) is 3.19. The fourth-order valence-corrected chi connectivity index (χ4v) is 3.78. The van der Waals surface area contributed by atoms with Crippen LogP contribution in [0.15, 0.2) is 60.8 Å². The molecule has 5 nitrogen and oxygen atoms in total. The van der Waals surface area contributed by atoms with Crippen molar-refractivity contribution in [2.24, 2.45) is 0 Å². The molecule has 6 heteroatoms. The van der Waals surface area contributed by atoms with Crippen molar-refractivity contribution in [2.45, 2.75) is 6.42 Å². The number of amides is 1. The number of nitrogens with two attached hydrogens (primary N) is 1. The summed E-state index contributed by atoms with van der Waals surface area (Å²) in [6, 6.07) is 17.8. The molecule has 0 spiro atoms. The second-order valence-corrected chi connectivity index (χ2v) is 6.99. The largest absolute Gasteiger partial charge is 0.375 e. The Balaban J connectivity index is 1.47. The quantitative estimate of drug-likeness (QED) is 0.504. The van der Waals surface area contributed by atoms with Crippen LogP contribution in [0.3, 0.4) is 0 Å². The van der Waals surface area contributed by atoms with Gasteiger partial charge >= 0.3 is 0 Å². The molecule has 0 saturated carbocycles. The van der Waals surface area contributed by atoms with Gasteiger partial charge in [-0.05, 0) is 18.1 Å². The molecule has 0 saturated heterocycles. The number of hydrogen-bond acceptors (Lipinski definition) is 4. The minimum atomic E-state index is -0.141. The van der Waals surface area contributed by atoms with E-state index in [-0.39, 0.29) is 5.91 Å². The van der Waals surface area contributed by atoms with Crippen molar-refractivity contribution in [3.63, 3.8) is 0 Å². The van der Waals surface area contributed by atoms with Gasteiger partial charge in [0.25, 0.3) is 5.91 Å². The molecule has 0 fully saturated rings. The summed E-state index contributed by atoms with van der Waals surface area (Å²) in [5.74, 6) is -0.141. The van der Waals surface area contributed by atoms with E-state index in [1.165, 1.54) is 22.3 Å². The van der Waals surface area contributed by atoms with Gasteiger partial charge in [0.1, 0.15) is 4.88 Å². The lowest BCUT2D eigenvalue weighted by Gasteiger charge is -2.05. The van der Waals surface area contributed by atoms with Crippen LogP contribution in [0, 0.1) is 0 Å². The van der Waals surface area contributed by atoms with Crippen molar-refractivity contribution >= 4 is 33.3 Å². The van der Waals surface area contributed by atoms with Gasteiger partial charge in [-0.3, -0.25) is 4.79 Å². The average Bonchev–Trinajstić information content (AvgIpc) is 3.26. The molecular formula is C20H18N4OS. The van der Waals surface area contributed by atoms with Gasteiger partial charge < -0.3 is 16.0 Å². The zero-order valence-electron chi connectivity index (χ0n) is 14.0. The maximum absolute atomic E-state index is 12.6. The molecule has 0 atom stereocenters. The molecule has 4 rings (SSSR count). The van der Waals surface area contributed by atoms with E-state index in [1.54, 1.807) is 0 Å². The van der Waals surface area contributed by atoms with Gasteiger partial charge in [-0.2, -0.15) is 0 Å². The maximum atomic E-state index is 12.6. The van der Waals surface area contributed by atoms with E-state index < -0.39 is 0 Å². The summed E-state index contributed by atoms with van der Waals surface area (Å²) in [4.78, 5) is 20.8. The number of anilines is 1. The lowest BCUT2D eigenvalue weighted by atomic mass is 10.1. The molecule has 0 unspecified atom stereocenters. The van der Waals surface area contributed by atoms with Crippen molar-refractivity contribution in [2.75, 3.05) is 12.3 Å². The van der Waals surface area contributed by atoms with Crippen LogP contribution in [-0.2, 0) is 6.42 Å². The molecule has 0 aliphatic rings. The Kier molecular flexibility index (Phi) is 4.41. The summed E-state index contributed by atoms with van der Waals surface area (Å²) in [5.41, 5.74) is 9.67. The van der Waals surface area contributed by atoms with Gasteiger partial charge in [0.2, 0.25) is 0 Å². The smallest absolute Gasteiger partial charge is 0.263 e. The van der Waals surface area contributed by atoms with Crippen LogP contribution >= 0.6 is 11.3 Å². The molecular weight excluding hydrogens is 344 g/mol. The highest BCUT2D eigenvalue weighted by atomic mass is 32.1. The van der Waals surface area contributed by atoms with Crippen LogP contribution in [0.25, 0.3) is 22.2 Å². The van der Waals surface area contributed by atoms with Crippen LogP contribution in [0.1, 0.15) is 15.2 Å². The Bertz CT molecular complexity index is 1050. The van der Waals surface area contributed by atoms with Gasteiger partial charge in [0.15, 0.2) is 5.13 Å². The number of carbonyl (C=O) groups is 1. The molecule has 4 N–H and O–H groups in total. The van der Waals surface area contributed by atoms with E-state index in [1.807, 2.05) is 54.7 Å². The highest BCUT2D eigenvalue weighted by Crippen LogP contribution is 2.29. The SMILES string of the molecule is Nc1nc(-c2ccccc2)c(C(=O)NCCc2c[nH]c3ccccc23)s1. The summed E-state index contributed by atoms with van der Waals surface area (Å²) in [7, 11) is 0. The number of aromatic nitrogens is 2. The number of thiazole rings is 1.